The van der Waals surface area contributed by atoms with E-state index in [1.54, 1.807) is 25.3 Å². The summed E-state index contributed by atoms with van der Waals surface area (Å²) in [5.74, 6) is 1.03. The maximum absolute atomic E-state index is 12.1. The van der Waals surface area contributed by atoms with Crippen LogP contribution in [0.25, 0.3) is 0 Å². The first-order chi connectivity index (χ1) is 10.7. The Morgan fingerprint density at radius 3 is 2.73 bits per heavy atom. The molecule has 1 N–H and O–H groups in total. The molecule has 1 aromatic carbocycles. The molecule has 22 heavy (non-hydrogen) atoms. The maximum Gasteiger partial charge on any atom is 0.220 e. The topological polar surface area (TPSA) is 73.9 Å². The van der Waals surface area contributed by atoms with E-state index in [4.69, 9.17) is 14.2 Å². The smallest absolute Gasteiger partial charge is 0.220 e. The van der Waals surface area contributed by atoms with E-state index in [2.05, 4.69) is 5.32 Å². The van der Waals surface area contributed by atoms with Gasteiger partial charge in [-0.1, -0.05) is 0 Å². The van der Waals surface area contributed by atoms with Gasteiger partial charge in [-0.25, -0.2) is 0 Å². The Morgan fingerprint density at radius 2 is 1.95 bits per heavy atom. The molecule has 0 aromatic heterocycles. The normalized spacial score (nSPS) is 12.8. The Balaban J connectivity index is 1.78. The van der Waals surface area contributed by atoms with Gasteiger partial charge in [0.05, 0.1) is 0 Å². The lowest BCUT2D eigenvalue weighted by atomic mass is 10.1. The third-order valence-electron chi connectivity index (χ3n) is 3.29. The quantitative estimate of drug-likeness (QED) is 0.583. The van der Waals surface area contributed by atoms with Crippen molar-refractivity contribution in [2.24, 2.45) is 0 Å². The number of amides is 1. The van der Waals surface area contributed by atoms with Crippen LogP contribution < -0.4 is 14.8 Å². The number of Topliss-reactive ketones (excluding diaryl/α,β-unsaturated/α-hetero) is 1. The molecule has 1 heterocycles. The second kappa shape index (κ2) is 8.38. The first-order valence-electron chi connectivity index (χ1n) is 7.39. The Kier molecular flexibility index (Phi) is 6.21. The molecule has 0 saturated heterocycles. The number of carbonyl (C=O) groups excluding carboxylic acids is 2. The molecule has 0 atom stereocenters. The molecule has 0 unspecified atom stereocenters. The van der Waals surface area contributed by atoms with Crippen molar-refractivity contribution >= 4 is 11.7 Å². The van der Waals surface area contributed by atoms with Gasteiger partial charge in [-0.05, 0) is 24.6 Å². The highest BCUT2D eigenvalue weighted by Gasteiger charge is 2.15. The number of fused-ring (bicyclic) bond motifs is 1. The lowest BCUT2D eigenvalue weighted by molar-refractivity contribution is -0.121. The van der Waals surface area contributed by atoms with Crippen LogP contribution in [0, 0.1) is 0 Å². The number of methoxy groups -OCH3 is 1. The molecule has 0 aliphatic carbocycles. The molecule has 6 nitrogen and oxygen atoms in total. The molecular weight excluding hydrogens is 286 g/mol. The number of ketones is 1. The molecule has 0 spiro atoms. The highest BCUT2D eigenvalue weighted by Crippen LogP contribution is 2.31. The van der Waals surface area contributed by atoms with E-state index >= 15 is 0 Å². The van der Waals surface area contributed by atoms with E-state index in [0.29, 0.717) is 43.4 Å². The molecule has 6 heteroatoms. The molecule has 1 aromatic rings. The summed E-state index contributed by atoms with van der Waals surface area (Å²) < 4.78 is 15.8. The molecule has 0 bridgehead atoms. The summed E-state index contributed by atoms with van der Waals surface area (Å²) in [7, 11) is 1.62. The van der Waals surface area contributed by atoms with Gasteiger partial charge in [0.15, 0.2) is 17.3 Å². The number of nitrogens with one attached hydrogen (secondary N) is 1. The third kappa shape index (κ3) is 4.73. The SMILES string of the molecule is COCCCNC(=O)CCC(=O)c1ccc2c(c1)OCCO2. The fourth-order valence-corrected chi connectivity index (χ4v) is 2.12. The van der Waals surface area contributed by atoms with Crippen molar-refractivity contribution in [1.82, 2.24) is 5.32 Å². The molecule has 1 amide bonds. The fourth-order valence-electron chi connectivity index (χ4n) is 2.12. The molecule has 120 valence electrons. The average Bonchev–Trinajstić information content (AvgIpc) is 2.56. The van der Waals surface area contributed by atoms with Crippen LogP contribution >= 0.6 is 0 Å². The van der Waals surface area contributed by atoms with Crippen LogP contribution in [-0.4, -0.2) is 45.2 Å². The van der Waals surface area contributed by atoms with E-state index in [1.165, 1.54) is 0 Å². The number of hydrogen-bond acceptors (Lipinski definition) is 5. The summed E-state index contributed by atoms with van der Waals surface area (Å²) in [5.41, 5.74) is 0.538. The van der Waals surface area contributed by atoms with Crippen LogP contribution in [-0.2, 0) is 9.53 Å². The van der Waals surface area contributed by atoms with Crippen molar-refractivity contribution in [2.75, 3.05) is 33.5 Å². The van der Waals surface area contributed by atoms with E-state index in [0.717, 1.165) is 6.42 Å². The van der Waals surface area contributed by atoms with Gasteiger partial charge >= 0.3 is 0 Å². The second-order valence-electron chi connectivity index (χ2n) is 4.98. The number of rotatable bonds is 8. The summed E-state index contributed by atoms with van der Waals surface area (Å²) in [5, 5.41) is 2.76. The van der Waals surface area contributed by atoms with Crippen LogP contribution in [0.4, 0.5) is 0 Å². The van der Waals surface area contributed by atoms with Crippen molar-refractivity contribution < 1.29 is 23.8 Å². The van der Waals surface area contributed by atoms with Crippen molar-refractivity contribution in [3.05, 3.63) is 23.8 Å². The van der Waals surface area contributed by atoms with E-state index in [-0.39, 0.29) is 24.5 Å². The van der Waals surface area contributed by atoms with Gasteiger partial charge in [-0.3, -0.25) is 9.59 Å². The Bertz CT molecular complexity index is 529. The first kappa shape index (κ1) is 16.3. The summed E-state index contributed by atoms with van der Waals surface area (Å²) in [6.07, 6.45) is 1.12. The molecular formula is C16H21NO5. The van der Waals surface area contributed by atoms with Crippen LogP contribution in [0.15, 0.2) is 18.2 Å². The van der Waals surface area contributed by atoms with Crippen LogP contribution in [0.1, 0.15) is 29.6 Å². The summed E-state index contributed by atoms with van der Waals surface area (Å²) in [4.78, 5) is 23.7. The Labute approximate surface area is 129 Å². The van der Waals surface area contributed by atoms with Gasteiger partial charge in [0, 0.05) is 38.7 Å². The number of hydrogen-bond donors (Lipinski definition) is 1. The van der Waals surface area contributed by atoms with E-state index in [9.17, 15) is 9.59 Å². The van der Waals surface area contributed by atoms with E-state index < -0.39 is 0 Å². The minimum atomic E-state index is -0.123. The zero-order valence-electron chi connectivity index (χ0n) is 12.7. The molecule has 0 fully saturated rings. The molecule has 1 aliphatic rings. The van der Waals surface area contributed by atoms with Crippen molar-refractivity contribution in [3.8, 4) is 11.5 Å². The van der Waals surface area contributed by atoms with Gasteiger partial charge in [-0.15, -0.1) is 0 Å². The fraction of sp³-hybridized carbons (Fsp3) is 0.500. The van der Waals surface area contributed by atoms with Gasteiger partial charge in [0.25, 0.3) is 0 Å². The largest absolute Gasteiger partial charge is 0.486 e. The van der Waals surface area contributed by atoms with E-state index in [1.807, 2.05) is 0 Å². The Hall–Kier alpha value is -2.08. The molecule has 0 radical (unpaired) electrons. The number of carbonyl (C=O) groups is 2. The van der Waals surface area contributed by atoms with Gasteiger partial charge in [-0.2, -0.15) is 0 Å². The highest BCUT2D eigenvalue weighted by molar-refractivity contribution is 5.98. The summed E-state index contributed by atoms with van der Waals surface area (Å²) in [6.45, 7) is 2.17. The molecule has 0 saturated carbocycles. The average molecular weight is 307 g/mol. The van der Waals surface area contributed by atoms with Crippen LogP contribution in [0.2, 0.25) is 0 Å². The standard InChI is InChI=1S/C16H21NO5/c1-20-8-2-7-17-16(19)6-4-13(18)12-3-5-14-15(11-12)22-10-9-21-14/h3,5,11H,2,4,6-10H2,1H3,(H,17,19). The lowest BCUT2D eigenvalue weighted by Gasteiger charge is -2.18. The highest BCUT2D eigenvalue weighted by atomic mass is 16.6. The summed E-state index contributed by atoms with van der Waals surface area (Å²) in [6, 6.07) is 5.10. The van der Waals surface area contributed by atoms with Gasteiger partial charge in [0.1, 0.15) is 13.2 Å². The third-order valence-corrected chi connectivity index (χ3v) is 3.29. The Morgan fingerprint density at radius 1 is 1.18 bits per heavy atom. The molecule has 1 aliphatic heterocycles. The minimum Gasteiger partial charge on any atom is -0.486 e. The van der Waals surface area contributed by atoms with Crippen LogP contribution in [0.3, 0.4) is 0 Å². The molecule has 2 rings (SSSR count). The van der Waals surface area contributed by atoms with Crippen molar-refractivity contribution in [1.29, 1.82) is 0 Å². The number of benzene rings is 1. The van der Waals surface area contributed by atoms with Gasteiger partial charge in [0.2, 0.25) is 5.91 Å². The minimum absolute atomic E-state index is 0.0796. The van der Waals surface area contributed by atoms with Crippen molar-refractivity contribution in [2.45, 2.75) is 19.3 Å². The first-order valence-corrected chi connectivity index (χ1v) is 7.39. The zero-order chi connectivity index (χ0) is 15.8. The number of ether oxygens (including phenoxy) is 3. The summed E-state index contributed by atoms with van der Waals surface area (Å²) >= 11 is 0. The predicted molar refractivity (Wildman–Crippen MR) is 80.5 cm³/mol. The predicted octanol–water partition coefficient (Wildman–Crippen LogP) is 1.57. The lowest BCUT2D eigenvalue weighted by Crippen LogP contribution is -2.25. The maximum atomic E-state index is 12.1. The van der Waals surface area contributed by atoms with Crippen molar-refractivity contribution in [3.63, 3.8) is 0 Å². The monoisotopic (exact) mass is 307 g/mol. The van der Waals surface area contributed by atoms with Crippen LogP contribution in [0.5, 0.6) is 11.5 Å². The second-order valence-corrected chi connectivity index (χ2v) is 4.98. The van der Waals surface area contributed by atoms with Gasteiger partial charge < -0.3 is 19.5 Å². The zero-order valence-corrected chi connectivity index (χ0v) is 12.7.